The Kier molecular flexibility index (Phi) is 2.27. The molecule has 0 aromatic heterocycles. The van der Waals surface area contributed by atoms with Crippen molar-refractivity contribution in [2.24, 2.45) is 0 Å². The summed E-state index contributed by atoms with van der Waals surface area (Å²) < 4.78 is 11.7. The van der Waals surface area contributed by atoms with Gasteiger partial charge in [0, 0.05) is 18.0 Å². The maximum atomic E-state index is 12.6. The number of methoxy groups -OCH3 is 1. The zero-order valence-corrected chi connectivity index (χ0v) is 12.9. The molecule has 2 bridgehead atoms. The predicted molar refractivity (Wildman–Crippen MR) is 81.5 cm³/mol. The van der Waals surface area contributed by atoms with Crippen LogP contribution < -0.4 is 9.47 Å². The van der Waals surface area contributed by atoms with Crippen molar-refractivity contribution >= 4 is 5.78 Å². The summed E-state index contributed by atoms with van der Waals surface area (Å²) in [5, 5.41) is 0. The fourth-order valence-corrected chi connectivity index (χ4v) is 5.08. The molecule has 0 radical (unpaired) electrons. The molecule has 114 valence electrons. The van der Waals surface area contributed by atoms with E-state index in [0.29, 0.717) is 12.5 Å². The van der Waals surface area contributed by atoms with Gasteiger partial charge in [-0.1, -0.05) is 12.1 Å². The van der Waals surface area contributed by atoms with Gasteiger partial charge in [-0.25, -0.2) is 0 Å². The number of allylic oxidation sites excluding steroid dienone is 1. The van der Waals surface area contributed by atoms with Gasteiger partial charge in [0.15, 0.2) is 23.4 Å². The SMILES string of the molecule is COc1ccc2c3c1O[C@H]1C(=O)CC=C4[C@@H](C2)N(C)CC[C@]431. The topological polar surface area (TPSA) is 38.8 Å². The summed E-state index contributed by atoms with van der Waals surface area (Å²) in [6.07, 6.45) is 4.28. The maximum Gasteiger partial charge on any atom is 0.178 e. The number of ketones is 1. The first-order chi connectivity index (χ1) is 10.7. The van der Waals surface area contributed by atoms with Gasteiger partial charge >= 0.3 is 0 Å². The van der Waals surface area contributed by atoms with Crippen molar-refractivity contribution in [1.82, 2.24) is 4.90 Å². The highest BCUT2D eigenvalue weighted by Crippen LogP contribution is 2.61. The van der Waals surface area contributed by atoms with Crippen LogP contribution in [0, 0.1) is 0 Å². The van der Waals surface area contributed by atoms with E-state index >= 15 is 0 Å². The lowest BCUT2D eigenvalue weighted by Crippen LogP contribution is -2.60. The molecule has 0 N–H and O–H groups in total. The minimum absolute atomic E-state index is 0.207. The molecule has 2 aliphatic heterocycles. The van der Waals surface area contributed by atoms with E-state index in [4.69, 9.17) is 9.47 Å². The van der Waals surface area contributed by atoms with Crippen LogP contribution in [0.5, 0.6) is 11.5 Å². The van der Waals surface area contributed by atoms with Crippen LogP contribution in [0.3, 0.4) is 0 Å². The van der Waals surface area contributed by atoms with E-state index in [2.05, 4.69) is 24.1 Å². The number of ether oxygens (including phenoxy) is 2. The number of piperidine rings is 1. The third-order valence-corrected chi connectivity index (χ3v) is 6.05. The molecule has 1 aromatic rings. The van der Waals surface area contributed by atoms with E-state index in [1.807, 2.05) is 6.07 Å². The first kappa shape index (κ1) is 12.7. The third-order valence-electron chi connectivity index (χ3n) is 6.05. The average molecular weight is 297 g/mol. The van der Waals surface area contributed by atoms with E-state index in [1.165, 1.54) is 16.7 Å². The molecule has 4 nitrogen and oxygen atoms in total. The van der Waals surface area contributed by atoms with E-state index in [-0.39, 0.29) is 17.3 Å². The number of rotatable bonds is 1. The Labute approximate surface area is 129 Å². The van der Waals surface area contributed by atoms with Crippen LogP contribution in [0.1, 0.15) is 24.0 Å². The van der Waals surface area contributed by atoms with Crippen molar-refractivity contribution < 1.29 is 14.3 Å². The second-order valence-electron chi connectivity index (χ2n) is 6.88. The number of carbonyl (C=O) groups is 1. The Hall–Kier alpha value is -1.81. The van der Waals surface area contributed by atoms with Gasteiger partial charge in [-0.15, -0.1) is 0 Å². The van der Waals surface area contributed by atoms with Crippen LogP contribution in [0.4, 0.5) is 0 Å². The Balaban J connectivity index is 1.86. The standard InChI is InChI=1S/C18H19NO3/c1-19-8-7-18-11-4-5-13(20)17(18)22-16-14(21-2)6-3-10(15(16)18)9-12(11)19/h3-4,6,12,17H,5,7-9H2,1-2H3/t12-,17+,18+/m1/s1. The lowest BCUT2D eigenvalue weighted by molar-refractivity contribution is -0.128. The van der Waals surface area contributed by atoms with Crippen molar-refractivity contribution in [1.29, 1.82) is 0 Å². The molecule has 4 heteroatoms. The predicted octanol–water partition coefficient (Wildman–Crippen LogP) is 1.85. The van der Waals surface area contributed by atoms with Gasteiger partial charge < -0.3 is 9.47 Å². The van der Waals surface area contributed by atoms with Crippen molar-refractivity contribution in [3.8, 4) is 11.5 Å². The summed E-state index contributed by atoms with van der Waals surface area (Å²) in [6, 6.07) is 4.55. The van der Waals surface area contributed by atoms with Crippen molar-refractivity contribution in [3.63, 3.8) is 0 Å². The number of likely N-dealkylation sites (tertiary alicyclic amines) is 1. The van der Waals surface area contributed by atoms with Gasteiger partial charge in [0.1, 0.15) is 0 Å². The summed E-state index contributed by atoms with van der Waals surface area (Å²) in [4.78, 5) is 15.0. The number of likely N-dealkylation sites (N-methyl/N-ethyl adjacent to an activating group) is 1. The van der Waals surface area contributed by atoms with Crippen LogP contribution in [-0.2, 0) is 16.6 Å². The number of carbonyl (C=O) groups excluding carboxylic acids is 1. The normalized spacial score (nSPS) is 34.8. The summed E-state index contributed by atoms with van der Waals surface area (Å²) in [5.41, 5.74) is 3.73. The molecule has 1 spiro atoms. The molecular weight excluding hydrogens is 278 g/mol. The highest BCUT2D eigenvalue weighted by atomic mass is 16.5. The van der Waals surface area contributed by atoms with Gasteiger partial charge in [-0.2, -0.15) is 0 Å². The molecule has 5 rings (SSSR count). The molecule has 0 unspecified atom stereocenters. The largest absolute Gasteiger partial charge is 0.493 e. The second kappa shape index (κ2) is 3.93. The maximum absolute atomic E-state index is 12.6. The fraction of sp³-hybridized carbons (Fsp3) is 0.500. The smallest absolute Gasteiger partial charge is 0.178 e. The van der Waals surface area contributed by atoms with Crippen LogP contribution in [0.2, 0.25) is 0 Å². The molecule has 2 heterocycles. The molecule has 2 aliphatic carbocycles. The summed E-state index contributed by atoms with van der Waals surface area (Å²) in [6.45, 7) is 1.01. The van der Waals surface area contributed by atoms with Crippen LogP contribution in [-0.4, -0.2) is 43.5 Å². The Morgan fingerprint density at radius 1 is 1.41 bits per heavy atom. The van der Waals surface area contributed by atoms with E-state index in [9.17, 15) is 4.79 Å². The number of Topliss-reactive ketones (excluding diaryl/α,β-unsaturated/α-hetero) is 1. The first-order valence-corrected chi connectivity index (χ1v) is 7.97. The van der Waals surface area contributed by atoms with Gasteiger partial charge in [0.25, 0.3) is 0 Å². The third kappa shape index (κ3) is 1.23. The van der Waals surface area contributed by atoms with Gasteiger partial charge in [-0.3, -0.25) is 9.69 Å². The quantitative estimate of drug-likeness (QED) is 0.742. The molecule has 0 amide bonds. The summed E-state index contributed by atoms with van der Waals surface area (Å²) >= 11 is 0. The van der Waals surface area contributed by atoms with Crippen molar-refractivity contribution in [2.45, 2.75) is 36.8 Å². The fourth-order valence-electron chi connectivity index (χ4n) is 5.08. The van der Waals surface area contributed by atoms with E-state index in [1.54, 1.807) is 7.11 Å². The number of hydrogen-bond donors (Lipinski definition) is 0. The molecule has 1 aromatic carbocycles. The lowest BCUT2D eigenvalue weighted by Gasteiger charge is -2.52. The number of hydrogen-bond acceptors (Lipinski definition) is 4. The Morgan fingerprint density at radius 2 is 2.27 bits per heavy atom. The van der Waals surface area contributed by atoms with Crippen molar-refractivity contribution in [3.05, 3.63) is 34.9 Å². The highest BCUT2D eigenvalue weighted by molar-refractivity contribution is 5.92. The summed E-state index contributed by atoms with van der Waals surface area (Å²) in [7, 11) is 3.86. The van der Waals surface area contributed by atoms with Gasteiger partial charge in [0.05, 0.1) is 12.5 Å². The average Bonchev–Trinajstić information content (AvgIpc) is 2.88. The van der Waals surface area contributed by atoms with Crippen LogP contribution >= 0.6 is 0 Å². The van der Waals surface area contributed by atoms with Gasteiger partial charge in [-0.05, 0) is 43.6 Å². The zero-order chi connectivity index (χ0) is 15.1. The lowest BCUT2D eigenvalue weighted by atomic mass is 9.56. The second-order valence-corrected chi connectivity index (χ2v) is 6.88. The molecule has 0 saturated carbocycles. The molecule has 1 fully saturated rings. The molecule has 22 heavy (non-hydrogen) atoms. The first-order valence-electron chi connectivity index (χ1n) is 7.97. The summed E-state index contributed by atoms with van der Waals surface area (Å²) in [5.74, 6) is 1.78. The minimum atomic E-state index is -0.353. The molecular formula is C18H19NO3. The van der Waals surface area contributed by atoms with E-state index < -0.39 is 0 Å². The van der Waals surface area contributed by atoms with E-state index in [0.717, 1.165) is 30.9 Å². The van der Waals surface area contributed by atoms with Crippen molar-refractivity contribution in [2.75, 3.05) is 20.7 Å². The highest BCUT2D eigenvalue weighted by Gasteiger charge is 2.62. The Bertz CT molecular complexity index is 738. The van der Waals surface area contributed by atoms with Gasteiger partial charge in [0.2, 0.25) is 0 Å². The molecule has 1 saturated heterocycles. The monoisotopic (exact) mass is 297 g/mol. The minimum Gasteiger partial charge on any atom is -0.493 e. The van der Waals surface area contributed by atoms with Crippen LogP contribution in [0.15, 0.2) is 23.8 Å². The zero-order valence-electron chi connectivity index (χ0n) is 12.9. The molecule has 4 aliphatic rings. The number of nitrogens with zero attached hydrogens (tertiary/aromatic N) is 1. The Morgan fingerprint density at radius 3 is 3.09 bits per heavy atom. The number of benzene rings is 1. The molecule has 3 atom stereocenters. The van der Waals surface area contributed by atoms with Crippen LogP contribution in [0.25, 0.3) is 0 Å².